The summed E-state index contributed by atoms with van der Waals surface area (Å²) in [6.07, 6.45) is 4.04. The normalized spacial score (nSPS) is 11.4. The van der Waals surface area contributed by atoms with Crippen LogP contribution in [0.1, 0.15) is 24.2 Å². The zero-order valence-electron chi connectivity index (χ0n) is 10.2. The number of rotatable bonds is 6. The van der Waals surface area contributed by atoms with Gasteiger partial charge in [-0.05, 0) is 44.4 Å². The Morgan fingerprint density at radius 2 is 1.71 bits per heavy atom. The molecule has 94 valence electrons. The molecule has 0 aliphatic rings. The molecule has 0 heterocycles. The van der Waals surface area contributed by atoms with Gasteiger partial charge in [0, 0.05) is 10.9 Å². The Bertz CT molecular complexity index is 418. The van der Waals surface area contributed by atoms with Crippen LogP contribution < -0.4 is 11.0 Å². The lowest BCUT2D eigenvalue weighted by Gasteiger charge is -2.23. The molecule has 0 atom stereocenters. The van der Waals surface area contributed by atoms with Gasteiger partial charge in [-0.2, -0.15) is 0 Å². The van der Waals surface area contributed by atoms with Crippen molar-refractivity contribution in [2.24, 2.45) is 5.73 Å². The van der Waals surface area contributed by atoms with Crippen molar-refractivity contribution in [3.05, 3.63) is 29.8 Å². The number of primary amides is 1. The first-order valence-corrected chi connectivity index (χ1v) is 7.27. The zero-order chi connectivity index (χ0) is 12.9. The molecule has 0 aromatic heterocycles. The lowest BCUT2D eigenvalue weighted by Crippen LogP contribution is -2.14. The molecule has 0 unspecified atom stereocenters. The van der Waals surface area contributed by atoms with E-state index in [1.165, 1.54) is 0 Å². The minimum Gasteiger partial charge on any atom is -0.366 e. The largest absolute Gasteiger partial charge is 0.366 e. The second-order valence-corrected chi connectivity index (χ2v) is 5.80. The lowest BCUT2D eigenvalue weighted by atomic mass is 10.2. The van der Waals surface area contributed by atoms with E-state index in [0.29, 0.717) is 18.8 Å². The van der Waals surface area contributed by atoms with Crippen LogP contribution >= 0.6 is 7.34 Å². The fourth-order valence-electron chi connectivity index (χ4n) is 1.46. The molecule has 4 nitrogen and oxygen atoms in total. The first-order valence-electron chi connectivity index (χ1n) is 5.46. The van der Waals surface area contributed by atoms with E-state index in [9.17, 15) is 4.79 Å². The van der Waals surface area contributed by atoms with E-state index in [2.05, 4.69) is 6.30 Å². The topological polar surface area (TPSA) is 61.6 Å². The van der Waals surface area contributed by atoms with Crippen molar-refractivity contribution >= 4 is 24.9 Å². The standard InChI is InChI=1S/C12H18NO3P/c1-4-15-17(3,16-5-2)11-8-6-10(7-9-11)12(13)14/h6-9H,3-5H2,1-2H3,(H2,13,14). The minimum atomic E-state index is -2.27. The van der Waals surface area contributed by atoms with Crippen LogP contribution in [0.4, 0.5) is 0 Å². The van der Waals surface area contributed by atoms with Gasteiger partial charge in [-0.3, -0.25) is 4.79 Å². The summed E-state index contributed by atoms with van der Waals surface area (Å²) in [5.74, 6) is -0.447. The van der Waals surface area contributed by atoms with Crippen molar-refractivity contribution in [3.8, 4) is 0 Å². The third kappa shape index (κ3) is 3.43. The van der Waals surface area contributed by atoms with Gasteiger partial charge in [0.1, 0.15) is 7.34 Å². The summed E-state index contributed by atoms with van der Waals surface area (Å²) in [6.45, 7) is 4.87. The predicted molar refractivity (Wildman–Crippen MR) is 71.9 cm³/mol. The van der Waals surface area contributed by atoms with Gasteiger partial charge in [-0.15, -0.1) is 0 Å². The molecule has 0 spiro atoms. The lowest BCUT2D eigenvalue weighted by molar-refractivity contribution is 0.100. The molecule has 1 rings (SSSR count). The molecule has 17 heavy (non-hydrogen) atoms. The first-order chi connectivity index (χ1) is 8.03. The molecule has 1 aromatic rings. The number of carbonyl (C=O) groups is 1. The second kappa shape index (κ2) is 6.01. The summed E-state index contributed by atoms with van der Waals surface area (Å²) in [5.41, 5.74) is 5.65. The molecule has 0 saturated carbocycles. The Balaban J connectivity index is 3.03. The van der Waals surface area contributed by atoms with E-state index in [-0.39, 0.29) is 0 Å². The van der Waals surface area contributed by atoms with Crippen LogP contribution in [0.15, 0.2) is 24.3 Å². The summed E-state index contributed by atoms with van der Waals surface area (Å²) in [4.78, 5) is 11.0. The molecular formula is C12H18NO3P. The Morgan fingerprint density at radius 1 is 1.24 bits per heavy atom. The maximum atomic E-state index is 11.0. The Morgan fingerprint density at radius 3 is 2.06 bits per heavy atom. The second-order valence-electron chi connectivity index (χ2n) is 3.42. The van der Waals surface area contributed by atoms with Crippen LogP contribution in [-0.2, 0) is 9.05 Å². The summed E-state index contributed by atoms with van der Waals surface area (Å²) in [6, 6.07) is 6.89. The average Bonchev–Trinajstić information content (AvgIpc) is 2.30. The van der Waals surface area contributed by atoms with Crippen molar-refractivity contribution in [2.75, 3.05) is 13.2 Å². The van der Waals surface area contributed by atoms with Crippen molar-refractivity contribution in [1.82, 2.24) is 0 Å². The van der Waals surface area contributed by atoms with E-state index in [1.807, 2.05) is 13.8 Å². The molecular weight excluding hydrogens is 237 g/mol. The quantitative estimate of drug-likeness (QED) is 0.788. The minimum absolute atomic E-state index is 0.447. The monoisotopic (exact) mass is 255 g/mol. The molecule has 0 bridgehead atoms. The van der Waals surface area contributed by atoms with Gasteiger partial charge < -0.3 is 14.8 Å². The third-order valence-corrected chi connectivity index (χ3v) is 4.66. The predicted octanol–water partition coefficient (Wildman–Crippen LogP) is 1.76. The van der Waals surface area contributed by atoms with E-state index in [0.717, 1.165) is 5.30 Å². The van der Waals surface area contributed by atoms with Crippen LogP contribution in [0.5, 0.6) is 0 Å². The van der Waals surface area contributed by atoms with E-state index in [4.69, 9.17) is 14.8 Å². The Labute approximate surface area is 102 Å². The van der Waals surface area contributed by atoms with E-state index in [1.54, 1.807) is 24.3 Å². The molecule has 1 aromatic carbocycles. The summed E-state index contributed by atoms with van der Waals surface area (Å²) in [5, 5.41) is 0.867. The number of benzene rings is 1. The third-order valence-electron chi connectivity index (χ3n) is 2.22. The van der Waals surface area contributed by atoms with Crippen molar-refractivity contribution < 1.29 is 13.8 Å². The van der Waals surface area contributed by atoms with Gasteiger partial charge in [0.25, 0.3) is 0 Å². The first kappa shape index (κ1) is 14.0. The van der Waals surface area contributed by atoms with Gasteiger partial charge >= 0.3 is 0 Å². The number of nitrogens with two attached hydrogens (primary N) is 1. The van der Waals surface area contributed by atoms with Crippen molar-refractivity contribution in [2.45, 2.75) is 13.8 Å². The maximum Gasteiger partial charge on any atom is 0.248 e. The van der Waals surface area contributed by atoms with Crippen LogP contribution in [0, 0.1) is 0 Å². The molecule has 1 amide bonds. The summed E-state index contributed by atoms with van der Waals surface area (Å²) >= 11 is 0. The maximum absolute atomic E-state index is 11.0. The zero-order valence-corrected chi connectivity index (χ0v) is 11.1. The van der Waals surface area contributed by atoms with Gasteiger partial charge in [-0.1, -0.05) is 0 Å². The Kier molecular flexibility index (Phi) is 4.94. The van der Waals surface area contributed by atoms with E-state index < -0.39 is 13.2 Å². The van der Waals surface area contributed by atoms with Gasteiger partial charge in [0.15, 0.2) is 0 Å². The number of hydrogen-bond donors (Lipinski definition) is 1. The SMILES string of the molecule is C=P(OCC)(OCC)c1ccc(C(N)=O)cc1. The van der Waals surface area contributed by atoms with Crippen LogP contribution in [0.25, 0.3) is 0 Å². The highest BCUT2D eigenvalue weighted by atomic mass is 31.2. The number of hydrogen-bond acceptors (Lipinski definition) is 3. The van der Waals surface area contributed by atoms with Gasteiger partial charge in [0.05, 0.1) is 13.2 Å². The van der Waals surface area contributed by atoms with Crippen molar-refractivity contribution in [3.63, 3.8) is 0 Å². The van der Waals surface area contributed by atoms with Gasteiger partial charge in [0.2, 0.25) is 5.91 Å². The highest BCUT2D eigenvalue weighted by Crippen LogP contribution is 2.46. The van der Waals surface area contributed by atoms with Gasteiger partial charge in [-0.25, -0.2) is 0 Å². The molecule has 0 radical (unpaired) electrons. The molecule has 5 heteroatoms. The van der Waals surface area contributed by atoms with Crippen molar-refractivity contribution in [1.29, 1.82) is 0 Å². The fraction of sp³-hybridized carbons (Fsp3) is 0.333. The Hall–Kier alpha value is -1.09. The van der Waals surface area contributed by atoms with Crippen LogP contribution in [0.2, 0.25) is 0 Å². The highest BCUT2D eigenvalue weighted by Gasteiger charge is 2.18. The average molecular weight is 255 g/mol. The summed E-state index contributed by atoms with van der Waals surface area (Å²) in [7, 11) is -2.27. The molecule has 0 saturated heterocycles. The van der Waals surface area contributed by atoms with Crippen LogP contribution in [-0.4, -0.2) is 25.4 Å². The molecule has 2 N–H and O–H groups in total. The van der Waals surface area contributed by atoms with Crippen LogP contribution in [0.3, 0.4) is 0 Å². The number of amides is 1. The molecule has 0 aliphatic heterocycles. The molecule has 0 fully saturated rings. The number of carbonyl (C=O) groups excluding carboxylic acids is 1. The highest BCUT2D eigenvalue weighted by molar-refractivity contribution is 7.72. The smallest absolute Gasteiger partial charge is 0.248 e. The fourth-order valence-corrected chi connectivity index (χ4v) is 3.27. The molecule has 0 aliphatic carbocycles. The van der Waals surface area contributed by atoms with E-state index >= 15 is 0 Å². The summed E-state index contributed by atoms with van der Waals surface area (Å²) < 4.78 is 11.2.